The molecule has 0 radical (unpaired) electrons. The number of hydrogen-bond donors (Lipinski definition) is 2. The molecule has 12 heteroatoms. The Labute approximate surface area is 219 Å². The van der Waals surface area contributed by atoms with Crippen molar-refractivity contribution in [3.63, 3.8) is 0 Å². The Morgan fingerprint density at radius 1 is 1.23 bits per heavy atom. The first-order chi connectivity index (χ1) is 16.5. The van der Waals surface area contributed by atoms with E-state index in [1.54, 1.807) is 25.2 Å². The van der Waals surface area contributed by atoms with E-state index in [1.165, 1.54) is 4.57 Å². The molecule has 0 saturated carbocycles. The van der Waals surface area contributed by atoms with Crippen molar-refractivity contribution in [2.75, 3.05) is 49.9 Å². The molecule has 1 saturated heterocycles. The Bertz CT molecular complexity index is 1110. The smallest absolute Gasteiger partial charge is 0.407 e. The molecule has 9 nitrogen and oxygen atoms in total. The van der Waals surface area contributed by atoms with Crippen LogP contribution in [0.5, 0.6) is 0 Å². The lowest BCUT2D eigenvalue weighted by atomic mass is 10.2. The summed E-state index contributed by atoms with van der Waals surface area (Å²) >= 11 is 13.5. The van der Waals surface area contributed by atoms with E-state index in [2.05, 4.69) is 20.1 Å². The van der Waals surface area contributed by atoms with Crippen LogP contribution in [0.4, 0.5) is 16.6 Å². The highest BCUT2D eigenvalue weighted by Crippen LogP contribution is 2.37. The zero-order valence-corrected chi connectivity index (χ0v) is 22.8. The fourth-order valence-corrected chi connectivity index (χ4v) is 5.03. The van der Waals surface area contributed by atoms with Gasteiger partial charge in [0.15, 0.2) is 0 Å². The molecule has 2 heterocycles. The van der Waals surface area contributed by atoms with Crippen molar-refractivity contribution >= 4 is 52.8 Å². The van der Waals surface area contributed by atoms with E-state index in [-0.39, 0.29) is 11.4 Å². The van der Waals surface area contributed by atoms with Gasteiger partial charge < -0.3 is 20.7 Å². The first-order valence-electron chi connectivity index (χ1n) is 11.4. The second-order valence-corrected chi connectivity index (χ2v) is 11.1. The largest absolute Gasteiger partial charge is 0.444 e. The van der Waals surface area contributed by atoms with Crippen LogP contribution in [0.3, 0.4) is 0 Å². The van der Waals surface area contributed by atoms with E-state index in [1.807, 2.05) is 20.8 Å². The van der Waals surface area contributed by atoms with Crippen LogP contribution < -0.4 is 21.5 Å². The van der Waals surface area contributed by atoms with Gasteiger partial charge in [-0.2, -0.15) is 4.98 Å². The average Bonchev–Trinajstić information content (AvgIpc) is 2.79. The van der Waals surface area contributed by atoms with E-state index >= 15 is 0 Å². The first kappa shape index (κ1) is 27.4. The van der Waals surface area contributed by atoms with Gasteiger partial charge in [0, 0.05) is 44.7 Å². The van der Waals surface area contributed by atoms with Crippen molar-refractivity contribution in [3.8, 4) is 0 Å². The Morgan fingerprint density at radius 2 is 1.91 bits per heavy atom. The predicted molar refractivity (Wildman–Crippen MR) is 142 cm³/mol. The Hall–Kier alpha value is -2.14. The molecule has 1 aliphatic heterocycles. The highest BCUT2D eigenvalue weighted by atomic mass is 35.5. The molecule has 0 unspecified atom stereocenters. The van der Waals surface area contributed by atoms with Crippen LogP contribution in [-0.2, 0) is 11.8 Å². The zero-order valence-electron chi connectivity index (χ0n) is 20.4. The molecule has 0 aliphatic carbocycles. The van der Waals surface area contributed by atoms with Crippen molar-refractivity contribution in [3.05, 3.63) is 38.6 Å². The number of anilines is 2. The van der Waals surface area contributed by atoms with Gasteiger partial charge in [0.1, 0.15) is 16.3 Å². The van der Waals surface area contributed by atoms with Gasteiger partial charge in [-0.1, -0.05) is 41.0 Å². The lowest BCUT2D eigenvalue weighted by Crippen LogP contribution is -2.48. The van der Waals surface area contributed by atoms with Crippen molar-refractivity contribution in [2.45, 2.75) is 42.6 Å². The van der Waals surface area contributed by atoms with E-state index in [9.17, 15) is 9.59 Å². The number of nitrogens with one attached hydrogen (secondary N) is 1. The number of ether oxygens (including phenoxy) is 1. The fourth-order valence-electron chi connectivity index (χ4n) is 3.62. The predicted octanol–water partition coefficient (Wildman–Crippen LogP) is 3.86. The zero-order chi connectivity index (χ0) is 25.8. The first-order valence-corrected chi connectivity index (χ1v) is 13.0. The standard InChI is InChI=1S/C23H32Cl2N6O3S/c1-23(2,3)34-22(33)27-9-6-10-30-11-13-31(14-12-30)21-28-19(26)18(20(32)29(21)4)35-16-8-5-7-15(24)17(16)25/h5,7-8H,6,9-14,26H2,1-4H3,(H,27,33). The summed E-state index contributed by atoms with van der Waals surface area (Å²) in [6, 6.07) is 5.24. The number of rotatable bonds is 7. The van der Waals surface area contributed by atoms with Crippen molar-refractivity contribution in [1.29, 1.82) is 0 Å². The number of halogens is 2. The summed E-state index contributed by atoms with van der Waals surface area (Å²) in [4.78, 5) is 34.7. The van der Waals surface area contributed by atoms with E-state index in [4.69, 9.17) is 33.7 Å². The molecule has 0 spiro atoms. The van der Waals surface area contributed by atoms with Crippen molar-refractivity contribution in [2.24, 2.45) is 7.05 Å². The quantitative estimate of drug-likeness (QED) is 0.508. The molecule has 3 N–H and O–H groups in total. The maximum absolute atomic E-state index is 13.1. The molecule has 1 aromatic heterocycles. The van der Waals surface area contributed by atoms with Gasteiger partial charge in [-0.05, 0) is 45.9 Å². The number of amides is 1. The second kappa shape index (κ2) is 11.7. The molecule has 0 atom stereocenters. The molecule has 1 aliphatic rings. The number of hydrogen-bond acceptors (Lipinski definition) is 8. The van der Waals surface area contributed by atoms with Crippen molar-refractivity contribution < 1.29 is 9.53 Å². The number of nitrogen functional groups attached to an aromatic ring is 1. The van der Waals surface area contributed by atoms with Gasteiger partial charge in [-0.3, -0.25) is 14.3 Å². The topological polar surface area (TPSA) is 106 Å². The molecule has 2 aromatic rings. The van der Waals surface area contributed by atoms with Crippen molar-refractivity contribution in [1.82, 2.24) is 19.8 Å². The Kier molecular flexibility index (Phi) is 9.20. The lowest BCUT2D eigenvalue weighted by molar-refractivity contribution is 0.0525. The van der Waals surface area contributed by atoms with Crippen LogP contribution in [-0.4, -0.2) is 65.4 Å². The number of carbonyl (C=O) groups excluding carboxylic acids is 1. The van der Waals surface area contributed by atoms with Gasteiger partial charge in [0.25, 0.3) is 5.56 Å². The van der Waals surface area contributed by atoms with Gasteiger partial charge in [-0.15, -0.1) is 0 Å². The fraction of sp³-hybridized carbons (Fsp3) is 0.522. The molecular formula is C23H32Cl2N6O3S. The molecule has 0 bridgehead atoms. The van der Waals surface area contributed by atoms with Crippen LogP contribution in [0.1, 0.15) is 27.2 Å². The van der Waals surface area contributed by atoms with E-state index < -0.39 is 11.7 Å². The highest BCUT2D eigenvalue weighted by Gasteiger charge is 2.23. The number of carbonyl (C=O) groups is 1. The minimum Gasteiger partial charge on any atom is -0.444 e. The number of benzene rings is 1. The van der Waals surface area contributed by atoms with Crippen LogP contribution in [0.15, 0.2) is 32.8 Å². The molecule has 1 aromatic carbocycles. The second-order valence-electron chi connectivity index (χ2n) is 9.26. The normalized spacial score (nSPS) is 14.7. The molecule has 35 heavy (non-hydrogen) atoms. The summed E-state index contributed by atoms with van der Waals surface area (Å²) in [5.74, 6) is 0.708. The van der Waals surface area contributed by atoms with Crippen LogP contribution in [0, 0.1) is 0 Å². The van der Waals surface area contributed by atoms with Gasteiger partial charge in [0.2, 0.25) is 5.95 Å². The number of nitrogens with zero attached hydrogens (tertiary/aromatic N) is 4. The number of aromatic nitrogens is 2. The Balaban J connectivity index is 1.56. The molecule has 192 valence electrons. The van der Waals surface area contributed by atoms with Crippen LogP contribution in [0.25, 0.3) is 0 Å². The SMILES string of the molecule is Cn1c(N2CCN(CCCNC(=O)OC(C)(C)C)CC2)nc(N)c(Sc2cccc(Cl)c2Cl)c1=O. The summed E-state index contributed by atoms with van der Waals surface area (Å²) in [5.41, 5.74) is 5.47. The third-order valence-corrected chi connectivity index (χ3v) is 7.43. The third kappa shape index (κ3) is 7.42. The number of alkyl carbamates (subject to hydrolysis) is 1. The van der Waals surface area contributed by atoms with Gasteiger partial charge in [-0.25, -0.2) is 4.79 Å². The summed E-state index contributed by atoms with van der Waals surface area (Å²) in [6.07, 6.45) is 0.423. The lowest BCUT2D eigenvalue weighted by Gasteiger charge is -2.36. The minimum atomic E-state index is -0.503. The van der Waals surface area contributed by atoms with E-state index in [0.29, 0.717) is 45.4 Å². The minimum absolute atomic E-state index is 0.166. The molecule has 1 amide bonds. The monoisotopic (exact) mass is 542 g/mol. The highest BCUT2D eigenvalue weighted by molar-refractivity contribution is 7.99. The summed E-state index contributed by atoms with van der Waals surface area (Å²) < 4.78 is 6.77. The summed E-state index contributed by atoms with van der Waals surface area (Å²) in [6.45, 7) is 9.99. The number of nitrogens with two attached hydrogens (primary N) is 1. The average molecular weight is 544 g/mol. The maximum atomic E-state index is 13.1. The van der Waals surface area contributed by atoms with Crippen LogP contribution >= 0.6 is 35.0 Å². The maximum Gasteiger partial charge on any atom is 0.407 e. The van der Waals surface area contributed by atoms with Gasteiger partial charge >= 0.3 is 6.09 Å². The third-order valence-electron chi connectivity index (χ3n) is 5.35. The molecule has 3 rings (SSSR count). The van der Waals surface area contributed by atoms with Gasteiger partial charge in [0.05, 0.1) is 10.0 Å². The van der Waals surface area contributed by atoms with Crippen LogP contribution in [0.2, 0.25) is 10.0 Å². The molecule has 1 fully saturated rings. The molecular weight excluding hydrogens is 511 g/mol. The summed E-state index contributed by atoms with van der Waals surface area (Å²) in [7, 11) is 1.70. The van der Waals surface area contributed by atoms with E-state index in [0.717, 1.165) is 37.8 Å². The number of piperazine rings is 1. The summed E-state index contributed by atoms with van der Waals surface area (Å²) in [5, 5.41) is 3.57. The Morgan fingerprint density at radius 3 is 2.57 bits per heavy atom.